The van der Waals surface area contributed by atoms with Crippen LogP contribution < -0.4 is 5.32 Å². The molecule has 1 aromatic rings. The summed E-state index contributed by atoms with van der Waals surface area (Å²) in [6.45, 7) is 2.58. The molecule has 0 aliphatic carbocycles. The summed E-state index contributed by atoms with van der Waals surface area (Å²) in [6, 6.07) is 7.71. The molecule has 0 aromatic heterocycles. The number of unbranched alkanes of at least 4 members (excludes halogenated alkanes) is 1. The maximum atomic E-state index is 11.9. The first kappa shape index (κ1) is 16.0. The van der Waals surface area contributed by atoms with Gasteiger partial charge in [-0.15, -0.1) is 0 Å². The summed E-state index contributed by atoms with van der Waals surface area (Å²) < 4.78 is 0.657. The highest BCUT2D eigenvalue weighted by Gasteiger charge is 2.25. The van der Waals surface area contributed by atoms with Gasteiger partial charge < -0.3 is 5.32 Å². The third kappa shape index (κ3) is 4.54. The zero-order chi connectivity index (χ0) is 15.2. The summed E-state index contributed by atoms with van der Waals surface area (Å²) in [5.74, 6) is 0.537. The molecule has 6 heteroatoms. The van der Waals surface area contributed by atoms with Crippen molar-refractivity contribution >= 4 is 45.8 Å². The van der Waals surface area contributed by atoms with Crippen molar-refractivity contribution < 1.29 is 9.59 Å². The quantitative estimate of drug-likeness (QED) is 0.646. The summed E-state index contributed by atoms with van der Waals surface area (Å²) in [5, 5.41) is 2.91. The van der Waals surface area contributed by atoms with Gasteiger partial charge >= 0.3 is 0 Å². The number of aryl methyl sites for hydroxylation is 1. The Labute approximate surface area is 134 Å². The van der Waals surface area contributed by atoms with Crippen LogP contribution in [0.2, 0.25) is 0 Å². The third-order valence-electron chi connectivity index (χ3n) is 3.30. The maximum Gasteiger partial charge on any atom is 0.238 e. The van der Waals surface area contributed by atoms with Crippen LogP contribution in [0.25, 0.3) is 0 Å². The summed E-state index contributed by atoms with van der Waals surface area (Å²) in [5.41, 5.74) is 1.91. The zero-order valence-corrected chi connectivity index (χ0v) is 13.6. The summed E-state index contributed by atoms with van der Waals surface area (Å²) in [4.78, 5) is 25.0. The van der Waals surface area contributed by atoms with Crippen molar-refractivity contribution in [3.8, 4) is 0 Å². The van der Waals surface area contributed by atoms with Crippen molar-refractivity contribution in [3.05, 3.63) is 29.8 Å². The molecule has 0 saturated carbocycles. The van der Waals surface area contributed by atoms with E-state index in [0.29, 0.717) is 23.0 Å². The van der Waals surface area contributed by atoms with Crippen molar-refractivity contribution in [2.45, 2.75) is 26.2 Å². The number of hydrogen-bond donors (Lipinski definition) is 1. The number of rotatable bonds is 6. The van der Waals surface area contributed by atoms with E-state index < -0.39 is 0 Å². The van der Waals surface area contributed by atoms with Gasteiger partial charge in [0.2, 0.25) is 11.8 Å². The highest BCUT2D eigenvalue weighted by atomic mass is 32.2. The minimum Gasteiger partial charge on any atom is -0.326 e. The Kier molecular flexibility index (Phi) is 5.76. The number of nitrogens with zero attached hydrogens (tertiary/aromatic N) is 1. The van der Waals surface area contributed by atoms with Crippen LogP contribution in [-0.2, 0) is 9.59 Å². The van der Waals surface area contributed by atoms with E-state index in [1.54, 1.807) is 4.90 Å². The number of para-hydroxylation sites is 1. The van der Waals surface area contributed by atoms with E-state index in [4.69, 9.17) is 12.2 Å². The lowest BCUT2D eigenvalue weighted by Crippen LogP contribution is -2.29. The van der Waals surface area contributed by atoms with Crippen LogP contribution >= 0.6 is 24.0 Å². The van der Waals surface area contributed by atoms with Crippen molar-refractivity contribution in [1.82, 2.24) is 4.90 Å². The van der Waals surface area contributed by atoms with E-state index in [2.05, 4.69) is 5.32 Å². The first-order valence-corrected chi connectivity index (χ1v) is 8.30. The van der Waals surface area contributed by atoms with Crippen molar-refractivity contribution in [2.24, 2.45) is 0 Å². The molecule has 112 valence electrons. The molecule has 0 radical (unpaired) electrons. The number of amides is 2. The lowest BCUT2D eigenvalue weighted by atomic mass is 10.2. The predicted octanol–water partition coefficient (Wildman–Crippen LogP) is 2.96. The lowest BCUT2D eigenvalue weighted by molar-refractivity contribution is -0.124. The highest BCUT2D eigenvalue weighted by Crippen LogP contribution is 2.20. The number of thiocarbonyl (C=S) groups is 1. The molecule has 1 heterocycles. The molecule has 1 aliphatic rings. The van der Waals surface area contributed by atoms with Crippen LogP contribution in [0.4, 0.5) is 5.69 Å². The minimum absolute atomic E-state index is 0.00833. The molecule has 1 aliphatic heterocycles. The van der Waals surface area contributed by atoms with Crippen molar-refractivity contribution in [3.63, 3.8) is 0 Å². The highest BCUT2D eigenvalue weighted by molar-refractivity contribution is 8.23. The van der Waals surface area contributed by atoms with E-state index in [1.165, 1.54) is 11.8 Å². The number of benzene rings is 1. The SMILES string of the molecule is Cc1ccccc1NC(=O)CCCCN1C(=O)CSC1=S. The van der Waals surface area contributed by atoms with Gasteiger partial charge in [0.15, 0.2) is 0 Å². The molecule has 2 amide bonds. The normalized spacial score (nSPS) is 14.6. The van der Waals surface area contributed by atoms with Gasteiger partial charge in [0.05, 0.1) is 5.75 Å². The standard InChI is InChI=1S/C15H18N2O2S2/c1-11-6-2-3-7-12(11)16-13(18)8-4-5-9-17-14(19)10-21-15(17)20/h2-3,6-7H,4-5,8-10H2,1H3,(H,16,18). The second-order valence-electron chi connectivity index (χ2n) is 4.92. The van der Waals surface area contributed by atoms with Crippen LogP contribution in [0.3, 0.4) is 0 Å². The molecule has 1 fully saturated rings. The Balaban J connectivity index is 1.69. The number of nitrogens with one attached hydrogen (secondary N) is 1. The van der Waals surface area contributed by atoms with E-state index in [1.807, 2.05) is 31.2 Å². The molecule has 0 bridgehead atoms. The second-order valence-corrected chi connectivity index (χ2v) is 6.53. The first-order chi connectivity index (χ1) is 10.1. The van der Waals surface area contributed by atoms with Crippen LogP contribution in [0.5, 0.6) is 0 Å². The van der Waals surface area contributed by atoms with E-state index in [-0.39, 0.29) is 11.8 Å². The minimum atomic E-state index is 0.00833. The van der Waals surface area contributed by atoms with Crippen LogP contribution in [0.15, 0.2) is 24.3 Å². The van der Waals surface area contributed by atoms with Crippen LogP contribution in [0, 0.1) is 6.92 Å². The van der Waals surface area contributed by atoms with Gasteiger partial charge in [-0.05, 0) is 31.4 Å². The number of carbonyl (C=O) groups is 2. The molecule has 21 heavy (non-hydrogen) atoms. The number of thioether (sulfide) groups is 1. The van der Waals surface area contributed by atoms with Crippen molar-refractivity contribution in [1.29, 1.82) is 0 Å². The zero-order valence-electron chi connectivity index (χ0n) is 11.9. The topological polar surface area (TPSA) is 49.4 Å². The van der Waals surface area contributed by atoms with Gasteiger partial charge in [-0.3, -0.25) is 14.5 Å². The van der Waals surface area contributed by atoms with Crippen molar-refractivity contribution in [2.75, 3.05) is 17.6 Å². The smallest absolute Gasteiger partial charge is 0.238 e. The molecular formula is C15H18N2O2S2. The summed E-state index contributed by atoms with van der Waals surface area (Å²) >= 11 is 6.52. The maximum absolute atomic E-state index is 11.9. The monoisotopic (exact) mass is 322 g/mol. The molecule has 1 N–H and O–H groups in total. The van der Waals surface area contributed by atoms with Gasteiger partial charge in [-0.25, -0.2) is 0 Å². The lowest BCUT2D eigenvalue weighted by Gasteiger charge is -2.14. The van der Waals surface area contributed by atoms with E-state index >= 15 is 0 Å². The van der Waals surface area contributed by atoms with E-state index in [0.717, 1.165) is 24.1 Å². The second kappa shape index (κ2) is 7.56. The Hall–Kier alpha value is -1.40. The van der Waals surface area contributed by atoms with Gasteiger partial charge in [-0.2, -0.15) is 0 Å². The fourth-order valence-corrected chi connectivity index (χ4v) is 3.20. The average molecular weight is 322 g/mol. The molecule has 2 rings (SSSR count). The largest absolute Gasteiger partial charge is 0.326 e. The molecule has 4 nitrogen and oxygen atoms in total. The third-order valence-corrected chi connectivity index (χ3v) is 4.73. The molecule has 1 saturated heterocycles. The Bertz CT molecular complexity index is 544. The first-order valence-electron chi connectivity index (χ1n) is 6.90. The van der Waals surface area contributed by atoms with Gasteiger partial charge in [0.1, 0.15) is 4.32 Å². The van der Waals surface area contributed by atoms with Crippen LogP contribution in [-0.4, -0.2) is 33.3 Å². The van der Waals surface area contributed by atoms with Crippen LogP contribution in [0.1, 0.15) is 24.8 Å². The molecule has 1 aromatic carbocycles. The number of hydrogen-bond acceptors (Lipinski definition) is 4. The Morgan fingerprint density at radius 3 is 2.81 bits per heavy atom. The Morgan fingerprint density at radius 2 is 2.14 bits per heavy atom. The van der Waals surface area contributed by atoms with Gasteiger partial charge in [0, 0.05) is 18.7 Å². The van der Waals surface area contributed by atoms with E-state index in [9.17, 15) is 9.59 Å². The van der Waals surface area contributed by atoms with Gasteiger partial charge in [0.25, 0.3) is 0 Å². The fourth-order valence-electron chi connectivity index (χ4n) is 2.08. The summed E-state index contributed by atoms with van der Waals surface area (Å²) in [7, 11) is 0. The predicted molar refractivity (Wildman–Crippen MR) is 90.4 cm³/mol. The number of carbonyl (C=O) groups excluding carboxylic acids is 2. The molecule has 0 atom stereocenters. The molecule has 0 spiro atoms. The molecular weight excluding hydrogens is 304 g/mol. The average Bonchev–Trinajstić information content (AvgIpc) is 2.77. The number of anilines is 1. The Morgan fingerprint density at radius 1 is 1.38 bits per heavy atom. The summed E-state index contributed by atoms with van der Waals surface area (Å²) in [6.07, 6.45) is 1.98. The fraction of sp³-hybridized carbons (Fsp3) is 0.400. The van der Waals surface area contributed by atoms with Gasteiger partial charge in [-0.1, -0.05) is 42.2 Å². The molecule has 0 unspecified atom stereocenters.